The van der Waals surface area contributed by atoms with Crippen molar-refractivity contribution in [1.82, 2.24) is 5.32 Å². The number of hydrogen-bond acceptors (Lipinski definition) is 7. The minimum atomic E-state index is -0.798. The first-order chi connectivity index (χ1) is 13.6. The van der Waals surface area contributed by atoms with E-state index in [1.165, 1.54) is 18.2 Å². The van der Waals surface area contributed by atoms with E-state index in [9.17, 15) is 24.8 Å². The molecule has 154 valence electrons. The molecule has 1 aliphatic heterocycles. The summed E-state index contributed by atoms with van der Waals surface area (Å²) in [4.78, 5) is 36.5. The molecule has 0 saturated heterocycles. The van der Waals surface area contributed by atoms with Gasteiger partial charge in [0, 0.05) is 35.4 Å². The van der Waals surface area contributed by atoms with Crippen molar-refractivity contribution in [3.05, 3.63) is 56.4 Å². The first-order valence-corrected chi connectivity index (χ1v) is 9.44. The summed E-state index contributed by atoms with van der Waals surface area (Å²) in [7, 11) is 0. The summed E-state index contributed by atoms with van der Waals surface area (Å²) in [6, 6.07) is 3.93. The predicted molar refractivity (Wildman–Crippen MR) is 105 cm³/mol. The van der Waals surface area contributed by atoms with Crippen molar-refractivity contribution < 1.29 is 24.4 Å². The highest BCUT2D eigenvalue weighted by Crippen LogP contribution is 2.47. The molecule has 1 aromatic carbocycles. The lowest BCUT2D eigenvalue weighted by atomic mass is 9.68. The van der Waals surface area contributed by atoms with Crippen LogP contribution >= 0.6 is 0 Å². The maximum absolute atomic E-state index is 13.1. The third-order valence-electron chi connectivity index (χ3n) is 5.26. The number of hydrogen-bond donors (Lipinski definition) is 2. The minimum Gasteiger partial charge on any atom is -0.502 e. The van der Waals surface area contributed by atoms with Gasteiger partial charge in [0.15, 0.2) is 11.5 Å². The van der Waals surface area contributed by atoms with Crippen molar-refractivity contribution in [2.45, 2.75) is 46.5 Å². The molecule has 2 aliphatic rings. The van der Waals surface area contributed by atoms with Crippen molar-refractivity contribution in [3.63, 3.8) is 0 Å². The Hall–Kier alpha value is -3.16. The summed E-state index contributed by atoms with van der Waals surface area (Å²) in [6.07, 6.45) is 0.914. The number of carbonyl (C=O) groups excluding carboxylic acids is 2. The fourth-order valence-electron chi connectivity index (χ4n) is 4.12. The van der Waals surface area contributed by atoms with Crippen LogP contribution in [0.1, 0.15) is 52.0 Å². The number of aromatic hydroxyl groups is 1. The molecule has 0 spiro atoms. The number of rotatable bonds is 4. The molecule has 0 aromatic heterocycles. The van der Waals surface area contributed by atoms with Gasteiger partial charge in [0.2, 0.25) is 0 Å². The van der Waals surface area contributed by atoms with E-state index in [0.29, 0.717) is 29.7 Å². The van der Waals surface area contributed by atoms with E-state index < -0.39 is 28.2 Å². The number of esters is 1. The highest BCUT2D eigenvalue weighted by molar-refractivity contribution is 6.04. The Morgan fingerprint density at radius 2 is 2.07 bits per heavy atom. The molecule has 0 radical (unpaired) electrons. The molecule has 2 N–H and O–H groups in total. The highest BCUT2D eigenvalue weighted by atomic mass is 16.6. The summed E-state index contributed by atoms with van der Waals surface area (Å²) in [5, 5.41) is 24.3. The summed E-state index contributed by atoms with van der Waals surface area (Å²) < 4.78 is 5.21. The smallest absolute Gasteiger partial charge is 0.336 e. The van der Waals surface area contributed by atoms with Gasteiger partial charge in [-0.2, -0.15) is 0 Å². The fourth-order valence-corrected chi connectivity index (χ4v) is 4.12. The maximum Gasteiger partial charge on any atom is 0.336 e. The minimum absolute atomic E-state index is 0.112. The summed E-state index contributed by atoms with van der Waals surface area (Å²) >= 11 is 0. The second kappa shape index (κ2) is 7.35. The Morgan fingerprint density at radius 3 is 2.69 bits per heavy atom. The van der Waals surface area contributed by atoms with Crippen molar-refractivity contribution in [1.29, 1.82) is 0 Å². The SMILES string of the molecule is CCOC(=O)C1=C(C)NC2=C(C(=O)CC(C)(C)C2)[C@H]1c1ccc(O)c([N+](=O)[O-])c1. The molecular weight excluding hydrogens is 376 g/mol. The number of Topliss-reactive ketones (excluding diaryl/α,β-unsaturated/α-hetero) is 1. The molecule has 0 saturated carbocycles. The van der Waals surface area contributed by atoms with E-state index in [-0.39, 0.29) is 23.4 Å². The quantitative estimate of drug-likeness (QED) is 0.451. The van der Waals surface area contributed by atoms with Gasteiger partial charge in [-0.1, -0.05) is 19.9 Å². The number of ketones is 1. The van der Waals surface area contributed by atoms with Crippen LogP contribution in [0.3, 0.4) is 0 Å². The van der Waals surface area contributed by atoms with Crippen LogP contribution in [0.5, 0.6) is 5.75 Å². The zero-order valence-electron chi connectivity index (χ0n) is 16.9. The second-order valence-corrected chi connectivity index (χ2v) is 8.16. The van der Waals surface area contributed by atoms with Crippen LogP contribution in [-0.4, -0.2) is 28.4 Å². The summed E-state index contributed by atoms with van der Waals surface area (Å²) in [6.45, 7) is 7.56. The molecular formula is C21H24N2O6. The van der Waals surface area contributed by atoms with Gasteiger partial charge in [0.25, 0.3) is 0 Å². The maximum atomic E-state index is 13.1. The van der Waals surface area contributed by atoms with E-state index in [0.717, 1.165) is 5.70 Å². The molecule has 8 heteroatoms. The van der Waals surface area contributed by atoms with Gasteiger partial charge in [-0.05, 0) is 37.3 Å². The number of phenolic OH excluding ortho intramolecular Hbond substituents is 1. The number of allylic oxidation sites excluding steroid dienone is 3. The number of benzene rings is 1. The van der Waals surface area contributed by atoms with Gasteiger partial charge in [-0.3, -0.25) is 14.9 Å². The van der Waals surface area contributed by atoms with E-state index in [4.69, 9.17) is 4.74 Å². The van der Waals surface area contributed by atoms with Gasteiger partial charge in [0.1, 0.15) is 0 Å². The Morgan fingerprint density at radius 1 is 1.38 bits per heavy atom. The monoisotopic (exact) mass is 400 g/mol. The molecule has 3 rings (SSSR count). The molecule has 1 aromatic rings. The number of phenols is 1. The van der Waals surface area contributed by atoms with Crippen molar-refractivity contribution in [2.24, 2.45) is 5.41 Å². The molecule has 8 nitrogen and oxygen atoms in total. The van der Waals surface area contributed by atoms with E-state index in [2.05, 4.69) is 5.32 Å². The summed E-state index contributed by atoms with van der Waals surface area (Å²) in [5.41, 5.74) is 1.62. The third kappa shape index (κ3) is 3.74. The first kappa shape index (κ1) is 20.6. The van der Waals surface area contributed by atoms with Gasteiger partial charge in [-0.25, -0.2) is 4.79 Å². The average molecular weight is 400 g/mol. The molecule has 0 bridgehead atoms. The zero-order chi connectivity index (χ0) is 21.5. The van der Waals surface area contributed by atoms with Gasteiger partial charge < -0.3 is 15.2 Å². The van der Waals surface area contributed by atoms with Crippen molar-refractivity contribution in [2.75, 3.05) is 6.61 Å². The van der Waals surface area contributed by atoms with Gasteiger partial charge >= 0.3 is 11.7 Å². The summed E-state index contributed by atoms with van der Waals surface area (Å²) in [5.74, 6) is -1.97. The number of ether oxygens (including phenoxy) is 1. The number of nitrogens with zero attached hydrogens (tertiary/aromatic N) is 1. The second-order valence-electron chi connectivity index (χ2n) is 8.16. The van der Waals surface area contributed by atoms with Crippen LogP contribution in [0.25, 0.3) is 0 Å². The van der Waals surface area contributed by atoms with Crippen LogP contribution in [0.4, 0.5) is 5.69 Å². The molecule has 1 heterocycles. The third-order valence-corrected chi connectivity index (χ3v) is 5.26. The number of dihydropyridines is 1. The van der Waals surface area contributed by atoms with Crippen LogP contribution in [0.15, 0.2) is 40.7 Å². The van der Waals surface area contributed by atoms with Crippen molar-refractivity contribution >= 4 is 17.4 Å². The molecule has 0 amide bonds. The van der Waals surface area contributed by atoms with Gasteiger partial charge in [-0.15, -0.1) is 0 Å². The lowest BCUT2D eigenvalue weighted by molar-refractivity contribution is -0.385. The Balaban J connectivity index is 2.23. The average Bonchev–Trinajstić information content (AvgIpc) is 2.59. The zero-order valence-corrected chi connectivity index (χ0v) is 16.9. The van der Waals surface area contributed by atoms with E-state index in [1.54, 1.807) is 13.8 Å². The highest BCUT2D eigenvalue weighted by Gasteiger charge is 2.43. The largest absolute Gasteiger partial charge is 0.502 e. The van der Waals surface area contributed by atoms with Crippen LogP contribution in [0.2, 0.25) is 0 Å². The Kier molecular flexibility index (Phi) is 5.21. The number of nitro benzene ring substituents is 1. The molecule has 1 aliphatic carbocycles. The number of carbonyl (C=O) groups is 2. The number of nitro groups is 1. The normalized spacial score (nSPS) is 20.8. The fraction of sp³-hybridized carbons (Fsp3) is 0.429. The lowest BCUT2D eigenvalue weighted by Crippen LogP contribution is -2.38. The van der Waals surface area contributed by atoms with E-state index >= 15 is 0 Å². The van der Waals surface area contributed by atoms with Crippen molar-refractivity contribution in [3.8, 4) is 5.75 Å². The Labute approximate surface area is 168 Å². The first-order valence-electron chi connectivity index (χ1n) is 9.44. The van der Waals surface area contributed by atoms with Crippen LogP contribution in [0, 0.1) is 15.5 Å². The van der Waals surface area contributed by atoms with Gasteiger partial charge in [0.05, 0.1) is 17.1 Å². The molecule has 29 heavy (non-hydrogen) atoms. The van der Waals surface area contributed by atoms with Crippen LogP contribution in [-0.2, 0) is 14.3 Å². The van der Waals surface area contributed by atoms with E-state index in [1.807, 2.05) is 13.8 Å². The van der Waals surface area contributed by atoms with Crippen LogP contribution < -0.4 is 5.32 Å². The number of nitrogens with one attached hydrogen (secondary N) is 1. The lowest BCUT2D eigenvalue weighted by Gasteiger charge is -2.39. The molecule has 0 unspecified atom stereocenters. The topological polar surface area (TPSA) is 119 Å². The molecule has 0 fully saturated rings. The standard InChI is InChI=1S/C21H24N2O6/c1-5-29-20(26)17-11(2)22-13-9-21(3,4)10-16(25)19(13)18(17)12-6-7-15(24)14(8-12)23(27)28/h6-8,18,22,24H,5,9-10H2,1-4H3/t18-/m0/s1. The Bertz CT molecular complexity index is 973. The molecule has 1 atom stereocenters. The predicted octanol–water partition coefficient (Wildman–Crippen LogP) is 3.47.